The average molecular weight is 244 g/mol. The maximum absolute atomic E-state index is 9.86. The van der Waals surface area contributed by atoms with Gasteiger partial charge in [-0.05, 0) is 25.3 Å². The fourth-order valence-corrected chi connectivity index (χ4v) is 2.23. The second-order valence-electron chi connectivity index (χ2n) is 5.27. The summed E-state index contributed by atoms with van der Waals surface area (Å²) >= 11 is 0. The summed E-state index contributed by atoms with van der Waals surface area (Å²) in [6, 6.07) is 0.323. The molecule has 17 heavy (non-hydrogen) atoms. The van der Waals surface area contributed by atoms with Crippen LogP contribution in [0.25, 0.3) is 0 Å². The molecular formula is C13H28N2O2. The van der Waals surface area contributed by atoms with Crippen LogP contribution in [0.5, 0.6) is 0 Å². The van der Waals surface area contributed by atoms with Crippen LogP contribution in [-0.2, 0) is 4.74 Å². The first-order valence-corrected chi connectivity index (χ1v) is 6.87. The first-order valence-electron chi connectivity index (χ1n) is 6.87. The molecule has 0 aromatic rings. The van der Waals surface area contributed by atoms with Crippen molar-refractivity contribution in [3.63, 3.8) is 0 Å². The van der Waals surface area contributed by atoms with Gasteiger partial charge in [0.15, 0.2) is 0 Å². The molecule has 1 heterocycles. The Kier molecular flexibility index (Phi) is 7.04. The number of likely N-dealkylation sites (tertiary alicyclic amines) is 1. The summed E-state index contributed by atoms with van der Waals surface area (Å²) in [5.41, 5.74) is 5.97. The summed E-state index contributed by atoms with van der Waals surface area (Å²) in [5.74, 6) is 0.525. The molecule has 0 bridgehead atoms. The Morgan fingerprint density at radius 2 is 2.29 bits per heavy atom. The van der Waals surface area contributed by atoms with Crippen molar-refractivity contribution >= 4 is 0 Å². The Morgan fingerprint density at radius 1 is 1.53 bits per heavy atom. The molecule has 1 rings (SSSR count). The van der Waals surface area contributed by atoms with Crippen LogP contribution in [0.3, 0.4) is 0 Å². The number of nitrogens with zero attached hydrogens (tertiary/aromatic N) is 1. The number of piperidine rings is 1. The summed E-state index contributed by atoms with van der Waals surface area (Å²) in [6.45, 7) is 8.23. The monoisotopic (exact) mass is 244 g/mol. The molecule has 0 spiro atoms. The molecule has 4 nitrogen and oxygen atoms in total. The Morgan fingerprint density at radius 3 is 2.94 bits per heavy atom. The number of β-amino-alcohol motifs (C(OH)–C–C–N with tert-alkyl or cyclic N) is 1. The number of hydrogen-bond donors (Lipinski definition) is 2. The van der Waals surface area contributed by atoms with E-state index in [0.717, 1.165) is 39.0 Å². The lowest BCUT2D eigenvalue weighted by molar-refractivity contribution is 0.00759. The van der Waals surface area contributed by atoms with E-state index < -0.39 is 0 Å². The lowest BCUT2D eigenvalue weighted by Crippen LogP contribution is -2.48. The van der Waals surface area contributed by atoms with Gasteiger partial charge in [0.25, 0.3) is 0 Å². The maximum Gasteiger partial charge on any atom is 0.0900 e. The quantitative estimate of drug-likeness (QED) is 0.651. The van der Waals surface area contributed by atoms with E-state index in [1.807, 2.05) is 0 Å². The van der Waals surface area contributed by atoms with Crippen LogP contribution in [0.15, 0.2) is 0 Å². The number of unbranched alkanes of at least 4 members (excludes halogenated alkanes) is 1. The van der Waals surface area contributed by atoms with Crippen molar-refractivity contribution in [3.8, 4) is 0 Å². The lowest BCUT2D eigenvalue weighted by Gasteiger charge is -2.36. The minimum Gasteiger partial charge on any atom is -0.389 e. The number of aliphatic hydroxyl groups is 1. The summed E-state index contributed by atoms with van der Waals surface area (Å²) in [4.78, 5) is 2.29. The summed E-state index contributed by atoms with van der Waals surface area (Å²) in [5, 5.41) is 9.86. The Labute approximate surface area is 105 Å². The molecule has 1 saturated heterocycles. The minimum absolute atomic E-state index is 0.323. The first kappa shape index (κ1) is 14.9. The van der Waals surface area contributed by atoms with E-state index in [2.05, 4.69) is 18.7 Å². The third kappa shape index (κ3) is 5.82. The van der Waals surface area contributed by atoms with Crippen LogP contribution in [0.2, 0.25) is 0 Å². The SMILES string of the molecule is CCCCOCC(O)CN1CCC(N)C(C)C1. The number of aliphatic hydroxyl groups excluding tert-OH is 1. The van der Waals surface area contributed by atoms with Crippen molar-refractivity contribution in [2.24, 2.45) is 11.7 Å². The fourth-order valence-electron chi connectivity index (χ4n) is 2.23. The van der Waals surface area contributed by atoms with Gasteiger partial charge in [-0.15, -0.1) is 0 Å². The summed E-state index contributed by atoms with van der Waals surface area (Å²) < 4.78 is 5.42. The van der Waals surface area contributed by atoms with E-state index in [0.29, 0.717) is 25.1 Å². The highest BCUT2D eigenvalue weighted by molar-refractivity contribution is 4.81. The zero-order chi connectivity index (χ0) is 12.7. The van der Waals surface area contributed by atoms with E-state index in [1.54, 1.807) is 0 Å². The van der Waals surface area contributed by atoms with Crippen LogP contribution in [-0.4, -0.2) is 55.0 Å². The summed E-state index contributed by atoms with van der Waals surface area (Å²) in [7, 11) is 0. The second-order valence-corrected chi connectivity index (χ2v) is 5.27. The molecule has 0 aliphatic carbocycles. The van der Waals surface area contributed by atoms with Gasteiger partial charge in [-0.2, -0.15) is 0 Å². The maximum atomic E-state index is 9.86. The van der Waals surface area contributed by atoms with Gasteiger partial charge in [-0.1, -0.05) is 20.3 Å². The smallest absolute Gasteiger partial charge is 0.0900 e. The molecule has 1 fully saturated rings. The largest absolute Gasteiger partial charge is 0.389 e. The van der Waals surface area contributed by atoms with Crippen LogP contribution in [0, 0.1) is 5.92 Å². The van der Waals surface area contributed by atoms with E-state index >= 15 is 0 Å². The van der Waals surface area contributed by atoms with Gasteiger partial charge in [0.2, 0.25) is 0 Å². The normalized spacial score (nSPS) is 28.2. The van der Waals surface area contributed by atoms with E-state index in [9.17, 15) is 5.11 Å². The number of rotatable bonds is 7. The molecule has 1 aliphatic rings. The third-order valence-corrected chi connectivity index (χ3v) is 3.48. The Bertz CT molecular complexity index is 202. The van der Waals surface area contributed by atoms with Crippen molar-refractivity contribution in [1.82, 2.24) is 4.90 Å². The zero-order valence-corrected chi connectivity index (χ0v) is 11.3. The summed E-state index contributed by atoms with van der Waals surface area (Å²) in [6.07, 6.45) is 2.87. The van der Waals surface area contributed by atoms with E-state index in [1.165, 1.54) is 0 Å². The van der Waals surface area contributed by atoms with Crippen LogP contribution in [0.1, 0.15) is 33.1 Å². The highest BCUT2D eigenvalue weighted by Crippen LogP contribution is 2.14. The second kappa shape index (κ2) is 8.03. The molecule has 0 radical (unpaired) electrons. The Balaban J connectivity index is 2.11. The van der Waals surface area contributed by atoms with Crippen molar-refractivity contribution < 1.29 is 9.84 Å². The van der Waals surface area contributed by atoms with Gasteiger partial charge >= 0.3 is 0 Å². The molecule has 102 valence electrons. The van der Waals surface area contributed by atoms with Crippen LogP contribution >= 0.6 is 0 Å². The van der Waals surface area contributed by atoms with Gasteiger partial charge in [0.1, 0.15) is 0 Å². The van der Waals surface area contributed by atoms with Crippen molar-refractivity contribution in [1.29, 1.82) is 0 Å². The van der Waals surface area contributed by atoms with Crippen molar-refractivity contribution in [2.45, 2.75) is 45.3 Å². The van der Waals surface area contributed by atoms with Crippen molar-refractivity contribution in [3.05, 3.63) is 0 Å². The van der Waals surface area contributed by atoms with E-state index in [4.69, 9.17) is 10.5 Å². The highest BCUT2D eigenvalue weighted by atomic mass is 16.5. The molecule has 3 N–H and O–H groups in total. The topological polar surface area (TPSA) is 58.7 Å². The molecular weight excluding hydrogens is 216 g/mol. The van der Waals surface area contributed by atoms with E-state index in [-0.39, 0.29) is 6.10 Å². The predicted octanol–water partition coefficient (Wildman–Crippen LogP) is 0.833. The molecule has 3 atom stereocenters. The van der Waals surface area contributed by atoms with Crippen molar-refractivity contribution in [2.75, 3.05) is 32.8 Å². The highest BCUT2D eigenvalue weighted by Gasteiger charge is 2.24. The third-order valence-electron chi connectivity index (χ3n) is 3.48. The van der Waals surface area contributed by atoms with Gasteiger partial charge < -0.3 is 20.5 Å². The number of nitrogens with two attached hydrogens (primary N) is 1. The molecule has 0 saturated carbocycles. The standard InChI is InChI=1S/C13H28N2O2/c1-3-4-7-17-10-12(16)9-15-6-5-13(14)11(2)8-15/h11-13,16H,3-10,14H2,1-2H3. The van der Waals surface area contributed by atoms with Gasteiger partial charge in [-0.25, -0.2) is 0 Å². The number of ether oxygens (including phenoxy) is 1. The first-order chi connectivity index (χ1) is 8.13. The van der Waals surface area contributed by atoms with Gasteiger partial charge in [0, 0.05) is 25.7 Å². The molecule has 1 aliphatic heterocycles. The van der Waals surface area contributed by atoms with Gasteiger partial charge in [-0.3, -0.25) is 0 Å². The zero-order valence-electron chi connectivity index (χ0n) is 11.3. The minimum atomic E-state index is -0.367. The van der Waals surface area contributed by atoms with Crippen LogP contribution in [0.4, 0.5) is 0 Å². The molecule has 0 aromatic carbocycles. The molecule has 4 heteroatoms. The lowest BCUT2D eigenvalue weighted by atomic mass is 9.95. The predicted molar refractivity (Wildman–Crippen MR) is 69.9 cm³/mol. The number of hydrogen-bond acceptors (Lipinski definition) is 4. The molecule has 0 aromatic heterocycles. The average Bonchev–Trinajstić information content (AvgIpc) is 2.30. The fraction of sp³-hybridized carbons (Fsp3) is 1.00. The Hall–Kier alpha value is -0.160. The van der Waals surface area contributed by atoms with Crippen LogP contribution < -0.4 is 5.73 Å². The van der Waals surface area contributed by atoms with Gasteiger partial charge in [0.05, 0.1) is 12.7 Å². The molecule has 0 amide bonds. The molecule has 3 unspecified atom stereocenters.